The minimum atomic E-state index is 0.533. The van der Waals surface area contributed by atoms with Gasteiger partial charge in [-0.25, -0.2) is 9.97 Å². The first-order chi connectivity index (χ1) is 15.7. The molecule has 0 spiro atoms. The average molecular weight is 436 g/mol. The van der Waals surface area contributed by atoms with Gasteiger partial charge in [0.05, 0.1) is 25.8 Å². The zero-order valence-corrected chi connectivity index (χ0v) is 19.3. The van der Waals surface area contributed by atoms with Gasteiger partial charge in [-0.15, -0.1) is 0 Å². The van der Waals surface area contributed by atoms with Gasteiger partial charge in [-0.1, -0.05) is 6.07 Å². The first-order valence-electron chi connectivity index (χ1n) is 11.7. The first kappa shape index (κ1) is 21.2. The lowest BCUT2D eigenvalue weighted by atomic mass is 10.2. The number of anilines is 1. The zero-order valence-electron chi connectivity index (χ0n) is 19.3. The summed E-state index contributed by atoms with van der Waals surface area (Å²) in [7, 11) is 1.72. The van der Waals surface area contributed by atoms with Crippen molar-refractivity contribution < 1.29 is 9.47 Å². The molecule has 3 aromatic rings. The van der Waals surface area contributed by atoms with Crippen molar-refractivity contribution >= 4 is 16.9 Å². The number of hydrogen-bond donors (Lipinski definition) is 0. The molecular weight excluding hydrogens is 402 g/mol. The normalized spacial score (nSPS) is 22.0. The maximum Gasteiger partial charge on any atom is 0.144 e. The van der Waals surface area contributed by atoms with Gasteiger partial charge in [0.2, 0.25) is 0 Å². The van der Waals surface area contributed by atoms with Crippen LogP contribution in [0.4, 0.5) is 5.82 Å². The highest BCUT2D eigenvalue weighted by Crippen LogP contribution is 2.33. The van der Waals surface area contributed by atoms with Gasteiger partial charge in [0.1, 0.15) is 22.9 Å². The van der Waals surface area contributed by atoms with Crippen molar-refractivity contribution in [2.24, 2.45) is 0 Å². The van der Waals surface area contributed by atoms with Crippen LogP contribution in [0, 0.1) is 0 Å². The van der Waals surface area contributed by atoms with Gasteiger partial charge in [0, 0.05) is 50.0 Å². The highest BCUT2D eigenvalue weighted by molar-refractivity contribution is 5.86. The Labute approximate surface area is 190 Å². The summed E-state index contributed by atoms with van der Waals surface area (Å²) in [5, 5.41) is 0. The van der Waals surface area contributed by atoms with Crippen molar-refractivity contribution in [3.05, 3.63) is 36.5 Å². The van der Waals surface area contributed by atoms with Crippen LogP contribution in [0.5, 0.6) is 5.75 Å². The summed E-state index contributed by atoms with van der Waals surface area (Å²) in [6.07, 6.45) is 4.43. The molecule has 7 heteroatoms. The fourth-order valence-corrected chi connectivity index (χ4v) is 5.14. The Hall–Kier alpha value is -2.64. The van der Waals surface area contributed by atoms with Gasteiger partial charge in [-0.05, 0) is 51.0 Å². The van der Waals surface area contributed by atoms with Gasteiger partial charge in [0.25, 0.3) is 0 Å². The van der Waals surface area contributed by atoms with E-state index in [4.69, 9.17) is 19.4 Å². The second-order valence-corrected chi connectivity index (χ2v) is 8.96. The Balaban J connectivity index is 1.49. The molecule has 0 saturated carbocycles. The highest BCUT2D eigenvalue weighted by atomic mass is 16.5. The molecule has 2 aliphatic heterocycles. The molecule has 32 heavy (non-hydrogen) atoms. The minimum Gasteiger partial charge on any atom is -0.494 e. The summed E-state index contributed by atoms with van der Waals surface area (Å²) >= 11 is 0. The Kier molecular flexibility index (Phi) is 6.02. The largest absolute Gasteiger partial charge is 0.494 e. The zero-order chi connectivity index (χ0) is 22.1. The first-order valence-corrected chi connectivity index (χ1v) is 11.7. The van der Waals surface area contributed by atoms with Crippen LogP contribution in [0.1, 0.15) is 26.7 Å². The molecule has 4 heterocycles. The standard InChI is InChI=1S/C25H33N5O2/c1-18-7-8-19(2)30(18)23-10-9-20(17-26-23)25-27-21-5-4-6-22(31-3)24(21)29(25)12-11-28-13-15-32-16-14-28/h4-6,9-10,17-19H,7-8,11-16H2,1-3H3/t18-,19-/m0/s1. The van der Waals surface area contributed by atoms with E-state index < -0.39 is 0 Å². The quantitative estimate of drug-likeness (QED) is 0.587. The molecule has 0 amide bonds. The van der Waals surface area contributed by atoms with E-state index >= 15 is 0 Å². The van der Waals surface area contributed by atoms with Crippen LogP contribution in [0.2, 0.25) is 0 Å². The number of benzene rings is 1. The topological polar surface area (TPSA) is 55.7 Å². The average Bonchev–Trinajstić information content (AvgIpc) is 3.37. The third kappa shape index (κ3) is 3.95. The van der Waals surface area contributed by atoms with Crippen molar-refractivity contribution in [2.45, 2.75) is 45.3 Å². The smallest absolute Gasteiger partial charge is 0.144 e. The number of ether oxygens (including phenoxy) is 2. The van der Waals surface area contributed by atoms with E-state index in [0.29, 0.717) is 12.1 Å². The van der Waals surface area contributed by atoms with Gasteiger partial charge in [-0.3, -0.25) is 4.90 Å². The van der Waals surface area contributed by atoms with Crippen LogP contribution >= 0.6 is 0 Å². The molecule has 2 saturated heterocycles. The molecular formula is C25H33N5O2. The van der Waals surface area contributed by atoms with E-state index in [1.165, 1.54) is 12.8 Å². The number of para-hydroxylation sites is 1. The summed E-state index contributed by atoms with van der Waals surface area (Å²) in [4.78, 5) is 14.7. The fourth-order valence-electron chi connectivity index (χ4n) is 5.14. The molecule has 5 rings (SSSR count). The van der Waals surface area contributed by atoms with Gasteiger partial charge >= 0.3 is 0 Å². The molecule has 1 aromatic carbocycles. The number of fused-ring (bicyclic) bond motifs is 1. The van der Waals surface area contributed by atoms with Crippen LogP contribution < -0.4 is 9.64 Å². The molecule has 2 aromatic heterocycles. The second-order valence-electron chi connectivity index (χ2n) is 8.96. The van der Waals surface area contributed by atoms with E-state index in [-0.39, 0.29) is 0 Å². The lowest BCUT2D eigenvalue weighted by Crippen LogP contribution is -2.38. The molecule has 0 radical (unpaired) electrons. The maximum atomic E-state index is 5.70. The fraction of sp³-hybridized carbons (Fsp3) is 0.520. The SMILES string of the molecule is COc1cccc2nc(-c3ccc(N4[C@@H](C)CC[C@@H]4C)nc3)n(CCN3CCOCC3)c12. The molecule has 7 nitrogen and oxygen atoms in total. The van der Waals surface area contributed by atoms with E-state index in [1.54, 1.807) is 7.11 Å². The number of hydrogen-bond acceptors (Lipinski definition) is 6. The molecule has 2 atom stereocenters. The second kappa shape index (κ2) is 9.08. The number of nitrogens with zero attached hydrogens (tertiary/aromatic N) is 5. The van der Waals surface area contributed by atoms with E-state index in [9.17, 15) is 0 Å². The molecule has 170 valence electrons. The Bertz CT molecular complexity index is 1050. The van der Waals surface area contributed by atoms with Crippen LogP contribution in [-0.2, 0) is 11.3 Å². The third-order valence-corrected chi connectivity index (χ3v) is 6.92. The number of morpholine rings is 1. The lowest BCUT2D eigenvalue weighted by molar-refractivity contribution is 0.0365. The minimum absolute atomic E-state index is 0.533. The predicted molar refractivity (Wildman–Crippen MR) is 127 cm³/mol. The van der Waals surface area contributed by atoms with Gasteiger partial charge < -0.3 is 18.9 Å². The lowest BCUT2D eigenvalue weighted by Gasteiger charge is -2.27. The molecule has 2 aliphatic rings. The Morgan fingerprint density at radius 1 is 1.03 bits per heavy atom. The third-order valence-electron chi connectivity index (χ3n) is 6.92. The number of methoxy groups -OCH3 is 1. The van der Waals surface area contributed by atoms with E-state index in [1.807, 2.05) is 18.3 Å². The molecule has 0 bridgehead atoms. The van der Waals surface area contributed by atoms with Crippen molar-refractivity contribution in [1.29, 1.82) is 0 Å². The van der Waals surface area contributed by atoms with Crippen molar-refractivity contribution in [2.75, 3.05) is 44.9 Å². The van der Waals surface area contributed by atoms with Crippen LogP contribution in [-0.4, -0.2) is 71.5 Å². The number of imidazole rings is 1. The summed E-state index contributed by atoms with van der Waals surface area (Å²) < 4.78 is 13.5. The predicted octanol–water partition coefficient (Wildman–Crippen LogP) is 3.82. The molecule has 0 unspecified atom stereocenters. The molecule has 2 fully saturated rings. The summed E-state index contributed by atoms with van der Waals surface area (Å²) in [5.41, 5.74) is 3.03. The number of rotatable bonds is 6. The van der Waals surface area contributed by atoms with E-state index in [0.717, 1.165) is 73.4 Å². The molecule has 0 aliphatic carbocycles. The van der Waals surface area contributed by atoms with Crippen LogP contribution in [0.25, 0.3) is 22.4 Å². The number of aromatic nitrogens is 3. The van der Waals surface area contributed by atoms with Crippen molar-refractivity contribution in [3.8, 4) is 17.1 Å². The van der Waals surface area contributed by atoms with Crippen molar-refractivity contribution in [1.82, 2.24) is 19.4 Å². The summed E-state index contributed by atoms with van der Waals surface area (Å²) in [6.45, 7) is 9.93. The molecule has 0 N–H and O–H groups in total. The Morgan fingerprint density at radius 3 is 2.50 bits per heavy atom. The highest BCUT2D eigenvalue weighted by Gasteiger charge is 2.28. The Morgan fingerprint density at radius 2 is 1.81 bits per heavy atom. The van der Waals surface area contributed by atoms with E-state index in [2.05, 4.69) is 46.4 Å². The van der Waals surface area contributed by atoms with Crippen molar-refractivity contribution in [3.63, 3.8) is 0 Å². The summed E-state index contributed by atoms with van der Waals surface area (Å²) in [5.74, 6) is 2.85. The van der Waals surface area contributed by atoms with Gasteiger partial charge in [0.15, 0.2) is 0 Å². The van der Waals surface area contributed by atoms with Crippen LogP contribution in [0.3, 0.4) is 0 Å². The van der Waals surface area contributed by atoms with Crippen LogP contribution in [0.15, 0.2) is 36.5 Å². The summed E-state index contributed by atoms with van der Waals surface area (Å²) in [6, 6.07) is 11.5. The maximum absolute atomic E-state index is 5.70. The van der Waals surface area contributed by atoms with Gasteiger partial charge in [-0.2, -0.15) is 0 Å². The number of pyridine rings is 1. The monoisotopic (exact) mass is 435 g/mol.